The Bertz CT molecular complexity index is 1530. The molecule has 0 amide bonds. The summed E-state index contributed by atoms with van der Waals surface area (Å²) in [5.74, 6) is 0.889. The Balaban J connectivity index is 1.43. The summed E-state index contributed by atoms with van der Waals surface area (Å²) < 4.78 is 28.6. The number of fused-ring (bicyclic) bond motifs is 2. The molecule has 0 spiro atoms. The van der Waals surface area contributed by atoms with Crippen LogP contribution in [-0.4, -0.2) is 26.0 Å². The number of allylic oxidation sites excluding steroid dienone is 1. The van der Waals surface area contributed by atoms with Gasteiger partial charge in [-0.15, -0.1) is 0 Å². The predicted octanol–water partition coefficient (Wildman–Crippen LogP) is 6.36. The van der Waals surface area contributed by atoms with Crippen LogP contribution in [0.25, 0.3) is 17.0 Å². The van der Waals surface area contributed by atoms with Gasteiger partial charge in [0, 0.05) is 21.5 Å². The molecule has 0 bridgehead atoms. The van der Waals surface area contributed by atoms with E-state index < -0.39 is 5.97 Å². The van der Waals surface area contributed by atoms with Crippen molar-refractivity contribution < 1.29 is 33.0 Å². The van der Waals surface area contributed by atoms with Crippen LogP contribution in [-0.2, 0) is 0 Å². The number of furan rings is 1. The number of carbonyl (C=O) groups is 2. The highest BCUT2D eigenvalue weighted by molar-refractivity contribution is 9.10. The summed E-state index contributed by atoms with van der Waals surface area (Å²) in [5, 5.41) is 0.716. The zero-order chi connectivity index (χ0) is 24.7. The Morgan fingerprint density at radius 3 is 2.57 bits per heavy atom. The van der Waals surface area contributed by atoms with Crippen LogP contribution in [0.1, 0.15) is 32.0 Å². The predicted molar refractivity (Wildman–Crippen MR) is 133 cm³/mol. The number of hydrogen-bond acceptors (Lipinski definition) is 7. The van der Waals surface area contributed by atoms with Crippen molar-refractivity contribution in [1.29, 1.82) is 0 Å². The normalized spacial score (nSPS) is 13.6. The molecule has 1 aliphatic rings. The van der Waals surface area contributed by atoms with Crippen molar-refractivity contribution in [2.45, 2.75) is 6.92 Å². The molecule has 1 aromatic heterocycles. The lowest BCUT2D eigenvalue weighted by atomic mass is 10.0. The van der Waals surface area contributed by atoms with Gasteiger partial charge in [0.05, 0.1) is 19.8 Å². The smallest absolute Gasteiger partial charge is 0.379 e. The Labute approximate surface area is 209 Å². The molecule has 5 rings (SSSR count). The van der Waals surface area contributed by atoms with E-state index in [4.69, 9.17) is 23.4 Å². The van der Waals surface area contributed by atoms with Crippen LogP contribution in [0.2, 0.25) is 0 Å². The van der Waals surface area contributed by atoms with Crippen LogP contribution in [0.4, 0.5) is 0 Å². The van der Waals surface area contributed by atoms with Crippen molar-refractivity contribution >= 4 is 44.7 Å². The van der Waals surface area contributed by atoms with E-state index in [2.05, 4.69) is 15.9 Å². The monoisotopic (exact) mass is 534 g/mol. The van der Waals surface area contributed by atoms with E-state index in [1.807, 2.05) is 18.2 Å². The molecule has 0 radical (unpaired) electrons. The maximum absolute atomic E-state index is 13.0. The van der Waals surface area contributed by atoms with E-state index >= 15 is 0 Å². The summed E-state index contributed by atoms with van der Waals surface area (Å²) in [6.07, 6.45) is 1.62. The van der Waals surface area contributed by atoms with Crippen molar-refractivity contribution in [2.75, 3.05) is 14.2 Å². The molecule has 3 aromatic carbocycles. The fourth-order valence-electron chi connectivity index (χ4n) is 3.95. The number of para-hydroxylation sites is 1. The van der Waals surface area contributed by atoms with Gasteiger partial charge in [-0.3, -0.25) is 4.79 Å². The SMILES string of the molecule is COc1ccc(Br)cc1/C=C1\Oc2cc(OC(=O)c3cc4cccc(OC)c4o3)cc(C)c2C1=O. The number of esters is 1. The van der Waals surface area contributed by atoms with Gasteiger partial charge in [0.15, 0.2) is 17.1 Å². The number of methoxy groups -OCH3 is 2. The number of hydrogen-bond donors (Lipinski definition) is 0. The summed E-state index contributed by atoms with van der Waals surface area (Å²) in [6.45, 7) is 1.76. The number of ketones is 1. The summed E-state index contributed by atoms with van der Waals surface area (Å²) in [4.78, 5) is 25.8. The first-order chi connectivity index (χ1) is 16.9. The minimum atomic E-state index is -0.679. The summed E-state index contributed by atoms with van der Waals surface area (Å²) in [6, 6.07) is 15.5. The van der Waals surface area contributed by atoms with Gasteiger partial charge in [0.2, 0.25) is 11.5 Å². The second-order valence-corrected chi connectivity index (χ2v) is 8.73. The highest BCUT2D eigenvalue weighted by Gasteiger charge is 2.31. The highest BCUT2D eigenvalue weighted by Crippen LogP contribution is 2.39. The maximum atomic E-state index is 13.0. The zero-order valence-electron chi connectivity index (χ0n) is 19.0. The highest BCUT2D eigenvalue weighted by atomic mass is 79.9. The standard InChI is InChI=1S/C27H19BrO7/c1-14-9-18(33-27(30)23-11-15-5-4-6-20(32-3)26(15)35-23)13-21-24(14)25(29)22(34-21)12-16-10-17(28)7-8-19(16)31-2/h4-13H,1-3H3/b22-12-. The second kappa shape index (κ2) is 8.96. The number of ether oxygens (including phenoxy) is 4. The van der Waals surface area contributed by atoms with Crippen LogP contribution >= 0.6 is 15.9 Å². The molecule has 0 fully saturated rings. The van der Waals surface area contributed by atoms with E-state index in [9.17, 15) is 9.59 Å². The first-order valence-corrected chi connectivity index (χ1v) is 11.4. The van der Waals surface area contributed by atoms with E-state index in [0.29, 0.717) is 44.9 Å². The lowest BCUT2D eigenvalue weighted by Crippen LogP contribution is -2.07. The van der Waals surface area contributed by atoms with Gasteiger partial charge in [-0.05, 0) is 55.0 Å². The Morgan fingerprint density at radius 1 is 1.00 bits per heavy atom. The quantitative estimate of drug-likeness (QED) is 0.167. The maximum Gasteiger partial charge on any atom is 0.379 e. The molecule has 1 aliphatic heterocycles. The second-order valence-electron chi connectivity index (χ2n) is 7.82. The van der Waals surface area contributed by atoms with Crippen LogP contribution in [0.15, 0.2) is 69.2 Å². The Kier molecular flexibility index (Phi) is 5.82. The minimum absolute atomic E-state index is 0.0296. The molecular formula is C27H19BrO7. The zero-order valence-corrected chi connectivity index (χ0v) is 20.6. The molecule has 7 nitrogen and oxygen atoms in total. The van der Waals surface area contributed by atoms with Gasteiger partial charge in [-0.25, -0.2) is 4.79 Å². The lowest BCUT2D eigenvalue weighted by molar-refractivity contribution is 0.0703. The number of Topliss-reactive ketones (excluding diaryl/α,β-unsaturated/α-hetero) is 1. The molecule has 0 atom stereocenters. The molecule has 0 aliphatic carbocycles. The van der Waals surface area contributed by atoms with Gasteiger partial charge in [0.25, 0.3) is 0 Å². The van der Waals surface area contributed by atoms with Crippen molar-refractivity contribution in [3.8, 4) is 23.0 Å². The fourth-order valence-corrected chi connectivity index (χ4v) is 4.33. The molecule has 0 unspecified atom stereocenters. The summed E-state index contributed by atoms with van der Waals surface area (Å²) >= 11 is 3.43. The van der Waals surface area contributed by atoms with Crippen molar-refractivity contribution in [3.05, 3.63) is 87.3 Å². The molecule has 2 heterocycles. The molecule has 0 saturated heterocycles. The third kappa shape index (κ3) is 4.17. The van der Waals surface area contributed by atoms with E-state index in [1.54, 1.807) is 50.4 Å². The third-order valence-corrected chi connectivity index (χ3v) is 6.05. The molecule has 176 valence electrons. The number of rotatable bonds is 5. The van der Waals surface area contributed by atoms with E-state index in [-0.39, 0.29) is 23.1 Å². The first-order valence-electron chi connectivity index (χ1n) is 10.6. The van der Waals surface area contributed by atoms with Crippen LogP contribution in [0.3, 0.4) is 0 Å². The fraction of sp³-hybridized carbons (Fsp3) is 0.111. The van der Waals surface area contributed by atoms with Gasteiger partial charge in [0.1, 0.15) is 17.2 Å². The van der Waals surface area contributed by atoms with Gasteiger partial charge < -0.3 is 23.4 Å². The molecule has 4 aromatic rings. The average molecular weight is 535 g/mol. The number of carbonyl (C=O) groups excluding carboxylic acids is 2. The van der Waals surface area contributed by atoms with Gasteiger partial charge in [-0.2, -0.15) is 0 Å². The van der Waals surface area contributed by atoms with Gasteiger partial charge >= 0.3 is 5.97 Å². The summed E-state index contributed by atoms with van der Waals surface area (Å²) in [5.41, 5.74) is 2.17. The molecular weight excluding hydrogens is 516 g/mol. The van der Waals surface area contributed by atoms with Crippen LogP contribution in [0.5, 0.6) is 23.0 Å². The topological polar surface area (TPSA) is 84.2 Å². The molecule has 0 N–H and O–H groups in total. The lowest BCUT2D eigenvalue weighted by Gasteiger charge is -2.07. The van der Waals surface area contributed by atoms with Crippen molar-refractivity contribution in [2.24, 2.45) is 0 Å². The van der Waals surface area contributed by atoms with Crippen LogP contribution < -0.4 is 18.9 Å². The largest absolute Gasteiger partial charge is 0.496 e. The van der Waals surface area contributed by atoms with Crippen LogP contribution in [0, 0.1) is 6.92 Å². The average Bonchev–Trinajstić information content (AvgIpc) is 3.41. The summed E-state index contributed by atoms with van der Waals surface area (Å²) in [7, 11) is 3.08. The van der Waals surface area contributed by atoms with E-state index in [1.165, 1.54) is 13.2 Å². The molecule has 35 heavy (non-hydrogen) atoms. The number of halogens is 1. The van der Waals surface area contributed by atoms with Gasteiger partial charge in [-0.1, -0.05) is 28.1 Å². The van der Waals surface area contributed by atoms with Crippen molar-refractivity contribution in [1.82, 2.24) is 0 Å². The van der Waals surface area contributed by atoms with E-state index in [0.717, 1.165) is 4.47 Å². The number of aryl methyl sites for hydroxylation is 1. The Morgan fingerprint density at radius 2 is 1.80 bits per heavy atom. The Hall–Kier alpha value is -4.04. The minimum Gasteiger partial charge on any atom is -0.496 e. The molecule has 8 heteroatoms. The first kappa shape index (κ1) is 22.7. The third-order valence-electron chi connectivity index (χ3n) is 5.56. The number of benzene rings is 3. The molecule has 0 saturated carbocycles. The van der Waals surface area contributed by atoms with Crippen molar-refractivity contribution in [3.63, 3.8) is 0 Å².